The lowest BCUT2D eigenvalue weighted by Gasteiger charge is -2.24. The molecule has 27 heavy (non-hydrogen) atoms. The van der Waals surface area contributed by atoms with Gasteiger partial charge < -0.3 is 15.1 Å². The van der Waals surface area contributed by atoms with Crippen molar-refractivity contribution in [1.82, 2.24) is 20.5 Å². The van der Waals surface area contributed by atoms with Crippen molar-refractivity contribution < 1.29 is 4.42 Å². The molecule has 0 aromatic carbocycles. The molecule has 1 aliphatic heterocycles. The van der Waals surface area contributed by atoms with Crippen molar-refractivity contribution in [2.45, 2.75) is 52.6 Å². The van der Waals surface area contributed by atoms with Gasteiger partial charge in [0.05, 0.1) is 18.5 Å². The Kier molecular flexibility index (Phi) is 7.29. The molecular weight excluding hydrogens is 358 g/mol. The normalized spacial score (nSPS) is 18.2. The van der Waals surface area contributed by atoms with E-state index in [1.807, 2.05) is 12.1 Å². The van der Waals surface area contributed by atoms with E-state index in [9.17, 15) is 0 Å². The largest absolute Gasteiger partial charge is 0.469 e. The van der Waals surface area contributed by atoms with Gasteiger partial charge in [0, 0.05) is 30.4 Å². The van der Waals surface area contributed by atoms with E-state index < -0.39 is 0 Å². The van der Waals surface area contributed by atoms with Crippen LogP contribution in [0.3, 0.4) is 0 Å². The molecular formula is C20H31N5OS. The first kappa shape index (κ1) is 19.9. The second-order valence-electron chi connectivity index (χ2n) is 6.98. The number of hydrogen-bond donors (Lipinski definition) is 2. The molecule has 148 valence electrons. The molecule has 1 unspecified atom stereocenters. The van der Waals surface area contributed by atoms with Gasteiger partial charge in [-0.2, -0.15) is 0 Å². The van der Waals surface area contributed by atoms with Crippen molar-refractivity contribution in [2.75, 3.05) is 26.2 Å². The highest BCUT2D eigenvalue weighted by atomic mass is 32.1. The van der Waals surface area contributed by atoms with E-state index in [1.54, 1.807) is 17.6 Å². The summed E-state index contributed by atoms with van der Waals surface area (Å²) < 4.78 is 5.42. The predicted molar refractivity (Wildman–Crippen MR) is 111 cm³/mol. The molecule has 7 heteroatoms. The SMILES string of the molecule is CCN1CCCC1CNC(=NCc1nc(C)c(C)s1)NCCc1ccco1. The molecule has 6 nitrogen and oxygen atoms in total. The highest BCUT2D eigenvalue weighted by Gasteiger charge is 2.22. The number of aromatic nitrogens is 1. The van der Waals surface area contributed by atoms with Crippen LogP contribution in [0.2, 0.25) is 0 Å². The number of nitrogens with one attached hydrogen (secondary N) is 2. The zero-order valence-electron chi connectivity index (χ0n) is 16.6. The quantitative estimate of drug-likeness (QED) is 0.536. The van der Waals surface area contributed by atoms with Crippen LogP contribution < -0.4 is 10.6 Å². The number of furan rings is 1. The summed E-state index contributed by atoms with van der Waals surface area (Å²) in [6, 6.07) is 4.52. The van der Waals surface area contributed by atoms with Crippen molar-refractivity contribution in [1.29, 1.82) is 0 Å². The van der Waals surface area contributed by atoms with E-state index in [0.717, 1.165) is 48.5 Å². The Morgan fingerprint density at radius 3 is 3.00 bits per heavy atom. The third-order valence-corrected chi connectivity index (χ3v) is 6.16. The average Bonchev–Trinajstić information content (AvgIpc) is 3.39. The van der Waals surface area contributed by atoms with E-state index in [-0.39, 0.29) is 0 Å². The summed E-state index contributed by atoms with van der Waals surface area (Å²) in [5.41, 5.74) is 1.11. The van der Waals surface area contributed by atoms with E-state index in [1.165, 1.54) is 24.3 Å². The van der Waals surface area contributed by atoms with Crippen molar-refractivity contribution in [2.24, 2.45) is 4.99 Å². The van der Waals surface area contributed by atoms with Crippen LogP contribution in [0.25, 0.3) is 0 Å². The number of nitrogens with zero attached hydrogens (tertiary/aromatic N) is 3. The number of guanidine groups is 1. The van der Waals surface area contributed by atoms with Gasteiger partial charge in [-0.15, -0.1) is 11.3 Å². The van der Waals surface area contributed by atoms with Gasteiger partial charge in [-0.05, 0) is 51.9 Å². The first-order valence-electron chi connectivity index (χ1n) is 9.87. The molecule has 1 aliphatic rings. The molecule has 0 aliphatic carbocycles. The van der Waals surface area contributed by atoms with E-state index in [0.29, 0.717) is 12.6 Å². The highest BCUT2D eigenvalue weighted by Crippen LogP contribution is 2.17. The van der Waals surface area contributed by atoms with E-state index >= 15 is 0 Å². The maximum Gasteiger partial charge on any atom is 0.191 e. The van der Waals surface area contributed by atoms with Crippen molar-refractivity contribution >= 4 is 17.3 Å². The van der Waals surface area contributed by atoms with Crippen LogP contribution in [0, 0.1) is 13.8 Å². The Morgan fingerprint density at radius 2 is 2.30 bits per heavy atom. The number of aryl methyl sites for hydroxylation is 2. The minimum Gasteiger partial charge on any atom is -0.469 e. The lowest BCUT2D eigenvalue weighted by atomic mass is 10.2. The van der Waals surface area contributed by atoms with Crippen LogP contribution in [0.4, 0.5) is 0 Å². The van der Waals surface area contributed by atoms with Gasteiger partial charge >= 0.3 is 0 Å². The number of thiazole rings is 1. The Bertz CT molecular complexity index is 705. The lowest BCUT2D eigenvalue weighted by Crippen LogP contribution is -2.45. The number of hydrogen-bond acceptors (Lipinski definition) is 5. The summed E-state index contributed by atoms with van der Waals surface area (Å²) in [5, 5.41) is 8.05. The number of likely N-dealkylation sites (tertiary alicyclic amines) is 1. The Morgan fingerprint density at radius 1 is 1.41 bits per heavy atom. The molecule has 2 aromatic rings. The van der Waals surface area contributed by atoms with Crippen molar-refractivity contribution in [3.8, 4) is 0 Å². The summed E-state index contributed by atoms with van der Waals surface area (Å²) in [7, 11) is 0. The molecule has 1 fully saturated rings. The molecule has 0 saturated carbocycles. The fourth-order valence-electron chi connectivity index (χ4n) is 3.44. The van der Waals surface area contributed by atoms with Crippen LogP contribution in [0.1, 0.15) is 41.1 Å². The fraction of sp³-hybridized carbons (Fsp3) is 0.600. The number of aliphatic imine (C=N–C) groups is 1. The summed E-state index contributed by atoms with van der Waals surface area (Å²) in [5.74, 6) is 1.84. The van der Waals surface area contributed by atoms with Crippen molar-refractivity contribution in [3.05, 3.63) is 39.7 Å². The molecule has 0 amide bonds. The third-order valence-electron chi connectivity index (χ3n) is 5.10. The van der Waals surface area contributed by atoms with E-state index in [2.05, 4.69) is 41.3 Å². The fourth-order valence-corrected chi connectivity index (χ4v) is 4.30. The van der Waals surface area contributed by atoms with E-state index in [4.69, 9.17) is 9.41 Å². The Hall–Kier alpha value is -1.86. The molecule has 2 aromatic heterocycles. The molecule has 1 saturated heterocycles. The topological polar surface area (TPSA) is 65.7 Å². The Labute approximate surface area is 166 Å². The summed E-state index contributed by atoms with van der Waals surface area (Å²) in [6.07, 6.45) is 5.10. The maximum absolute atomic E-state index is 5.42. The van der Waals surface area contributed by atoms with Gasteiger partial charge in [-0.1, -0.05) is 6.92 Å². The number of rotatable bonds is 8. The van der Waals surface area contributed by atoms with Gasteiger partial charge in [0.1, 0.15) is 10.8 Å². The van der Waals surface area contributed by atoms with Gasteiger partial charge in [0.2, 0.25) is 0 Å². The first-order valence-corrected chi connectivity index (χ1v) is 10.7. The molecule has 0 bridgehead atoms. The van der Waals surface area contributed by atoms with Gasteiger partial charge in [-0.25, -0.2) is 9.98 Å². The van der Waals surface area contributed by atoms with Gasteiger partial charge in [0.25, 0.3) is 0 Å². The smallest absolute Gasteiger partial charge is 0.191 e. The summed E-state index contributed by atoms with van der Waals surface area (Å²) in [6.45, 7) is 11.1. The first-order chi connectivity index (χ1) is 13.2. The van der Waals surface area contributed by atoms with Crippen LogP contribution >= 0.6 is 11.3 Å². The highest BCUT2D eigenvalue weighted by molar-refractivity contribution is 7.11. The van der Waals surface area contributed by atoms with Gasteiger partial charge in [0.15, 0.2) is 5.96 Å². The second-order valence-corrected chi connectivity index (χ2v) is 8.26. The average molecular weight is 390 g/mol. The molecule has 1 atom stereocenters. The Balaban J connectivity index is 1.57. The van der Waals surface area contributed by atoms with Gasteiger partial charge in [-0.3, -0.25) is 4.90 Å². The zero-order valence-corrected chi connectivity index (χ0v) is 17.4. The van der Waals surface area contributed by atoms with Crippen LogP contribution in [0.5, 0.6) is 0 Å². The minimum absolute atomic E-state index is 0.594. The standard InChI is InChI=1S/C20H31N5OS/c1-4-25-11-5-7-17(25)13-22-20(21-10-9-18-8-6-12-26-18)23-14-19-24-15(2)16(3)27-19/h6,8,12,17H,4-5,7,9-11,13-14H2,1-3H3,(H2,21,22,23). The molecule has 3 heterocycles. The second kappa shape index (κ2) is 9.90. The molecule has 2 N–H and O–H groups in total. The number of likely N-dealkylation sites (N-methyl/N-ethyl adjacent to an activating group) is 1. The van der Waals surface area contributed by atoms with Crippen molar-refractivity contribution in [3.63, 3.8) is 0 Å². The van der Waals surface area contributed by atoms with Crippen LogP contribution in [-0.2, 0) is 13.0 Å². The molecule has 3 rings (SSSR count). The summed E-state index contributed by atoms with van der Waals surface area (Å²) >= 11 is 1.73. The van der Waals surface area contributed by atoms with Crippen LogP contribution in [0.15, 0.2) is 27.8 Å². The monoisotopic (exact) mass is 389 g/mol. The molecule has 0 spiro atoms. The molecule has 0 radical (unpaired) electrons. The zero-order chi connectivity index (χ0) is 19.1. The lowest BCUT2D eigenvalue weighted by molar-refractivity contribution is 0.267. The maximum atomic E-state index is 5.42. The van der Waals surface area contributed by atoms with Crippen LogP contribution in [-0.4, -0.2) is 48.1 Å². The third kappa shape index (κ3) is 5.81. The predicted octanol–water partition coefficient (Wildman–Crippen LogP) is 3.12. The summed E-state index contributed by atoms with van der Waals surface area (Å²) in [4.78, 5) is 13.2. The minimum atomic E-state index is 0.594.